The Balaban J connectivity index is 0.00000280. The van der Waals surface area contributed by atoms with E-state index >= 15 is 0 Å². The van der Waals surface area contributed by atoms with Gasteiger partial charge in [-0.25, -0.2) is 4.98 Å². The van der Waals surface area contributed by atoms with Gasteiger partial charge in [0.15, 0.2) is 5.96 Å². The first kappa shape index (κ1) is 22.9. The van der Waals surface area contributed by atoms with Crippen molar-refractivity contribution in [1.29, 1.82) is 0 Å². The number of benzene rings is 1. The van der Waals surface area contributed by atoms with Crippen molar-refractivity contribution in [2.24, 2.45) is 4.99 Å². The zero-order valence-electron chi connectivity index (χ0n) is 16.7. The van der Waals surface area contributed by atoms with Gasteiger partial charge in [-0.3, -0.25) is 4.99 Å². The normalized spacial score (nSPS) is 16.5. The van der Waals surface area contributed by atoms with Gasteiger partial charge in [-0.05, 0) is 25.0 Å². The van der Waals surface area contributed by atoms with Crippen molar-refractivity contribution in [2.75, 3.05) is 20.3 Å². The van der Waals surface area contributed by atoms with Gasteiger partial charge in [0, 0.05) is 31.0 Å². The Hall–Kier alpha value is -1.39. The van der Waals surface area contributed by atoms with Crippen molar-refractivity contribution in [3.05, 3.63) is 45.4 Å². The maximum atomic E-state index is 6.16. The van der Waals surface area contributed by atoms with Gasteiger partial charge in [0.2, 0.25) is 0 Å². The summed E-state index contributed by atoms with van der Waals surface area (Å²) < 4.78 is 11.6. The third kappa shape index (κ3) is 6.59. The van der Waals surface area contributed by atoms with Gasteiger partial charge in [0.1, 0.15) is 11.9 Å². The Bertz CT molecular complexity index is 775. The lowest BCUT2D eigenvalue weighted by molar-refractivity contribution is 0.140. The molecule has 0 spiro atoms. The molecule has 3 rings (SSSR count). The molecule has 1 saturated heterocycles. The van der Waals surface area contributed by atoms with Gasteiger partial charge in [0.05, 0.1) is 30.5 Å². The Morgan fingerprint density at radius 2 is 2.18 bits per heavy atom. The summed E-state index contributed by atoms with van der Waals surface area (Å²) in [7, 11) is 1.77. The number of thiazole rings is 1. The topological polar surface area (TPSA) is 67.8 Å². The molecule has 0 aliphatic carbocycles. The van der Waals surface area contributed by atoms with Crippen LogP contribution in [-0.2, 0) is 24.2 Å². The molecule has 2 N–H and O–H groups in total. The summed E-state index contributed by atoms with van der Waals surface area (Å²) in [5, 5.41) is 9.94. The molecule has 1 atom stereocenters. The fourth-order valence-electron chi connectivity index (χ4n) is 2.87. The van der Waals surface area contributed by atoms with Gasteiger partial charge in [-0.2, -0.15) is 0 Å². The van der Waals surface area contributed by atoms with E-state index in [4.69, 9.17) is 9.47 Å². The van der Waals surface area contributed by atoms with Crippen LogP contribution in [0.25, 0.3) is 0 Å². The summed E-state index contributed by atoms with van der Waals surface area (Å²) in [5.41, 5.74) is 3.34. The second kappa shape index (κ2) is 11.6. The third-order valence-electron chi connectivity index (χ3n) is 4.41. The number of hydrogen-bond acceptors (Lipinski definition) is 5. The van der Waals surface area contributed by atoms with Crippen LogP contribution < -0.4 is 15.4 Å². The summed E-state index contributed by atoms with van der Waals surface area (Å²) in [6.45, 7) is 6.94. The van der Waals surface area contributed by atoms with E-state index in [0.717, 1.165) is 47.4 Å². The first-order chi connectivity index (χ1) is 13.2. The van der Waals surface area contributed by atoms with Crippen LogP contribution >= 0.6 is 35.3 Å². The second-order valence-electron chi connectivity index (χ2n) is 6.58. The quantitative estimate of drug-likeness (QED) is 0.334. The van der Waals surface area contributed by atoms with E-state index in [1.165, 1.54) is 5.56 Å². The SMILES string of the molecule is CCc1nc(CNC(=NC)NCc2ccc(C)cc2OC2CCOC2)cs1.I. The van der Waals surface area contributed by atoms with Crippen molar-refractivity contribution in [1.82, 2.24) is 15.6 Å². The highest BCUT2D eigenvalue weighted by Crippen LogP contribution is 2.23. The lowest BCUT2D eigenvalue weighted by Crippen LogP contribution is -2.36. The third-order valence-corrected chi connectivity index (χ3v) is 5.45. The molecule has 2 heterocycles. The molecule has 28 heavy (non-hydrogen) atoms. The molecule has 1 aliphatic heterocycles. The zero-order valence-corrected chi connectivity index (χ0v) is 19.8. The number of halogens is 1. The van der Waals surface area contributed by atoms with Crippen LogP contribution in [0, 0.1) is 6.92 Å². The molecule has 0 bridgehead atoms. The predicted molar refractivity (Wildman–Crippen MR) is 125 cm³/mol. The van der Waals surface area contributed by atoms with Crippen LogP contribution in [0.5, 0.6) is 5.75 Å². The smallest absolute Gasteiger partial charge is 0.191 e. The highest BCUT2D eigenvalue weighted by Gasteiger charge is 2.18. The van der Waals surface area contributed by atoms with E-state index in [1.54, 1.807) is 18.4 Å². The van der Waals surface area contributed by atoms with Crippen LogP contribution in [-0.4, -0.2) is 37.3 Å². The zero-order chi connectivity index (χ0) is 19.1. The van der Waals surface area contributed by atoms with Crippen LogP contribution in [0.15, 0.2) is 28.6 Å². The molecule has 1 unspecified atom stereocenters. The van der Waals surface area contributed by atoms with Gasteiger partial charge in [-0.15, -0.1) is 35.3 Å². The molecule has 1 fully saturated rings. The Kier molecular flexibility index (Phi) is 9.46. The number of aromatic nitrogens is 1. The van der Waals surface area contributed by atoms with Gasteiger partial charge < -0.3 is 20.1 Å². The molecule has 6 nitrogen and oxygen atoms in total. The Labute approximate surface area is 188 Å². The average molecular weight is 516 g/mol. The summed E-state index contributed by atoms with van der Waals surface area (Å²) >= 11 is 1.70. The number of hydrogen-bond donors (Lipinski definition) is 2. The molecule has 0 amide bonds. The van der Waals surface area contributed by atoms with Crippen molar-refractivity contribution in [3.8, 4) is 5.75 Å². The molecule has 0 radical (unpaired) electrons. The number of aliphatic imine (C=N–C) groups is 1. The minimum atomic E-state index is 0. The molecule has 1 aromatic heterocycles. The fraction of sp³-hybridized carbons (Fsp3) is 0.500. The molecule has 154 valence electrons. The number of nitrogens with one attached hydrogen (secondary N) is 2. The molecule has 2 aromatic rings. The van der Waals surface area contributed by atoms with E-state index in [2.05, 4.69) is 58.0 Å². The number of rotatable bonds is 7. The van der Waals surface area contributed by atoms with Crippen molar-refractivity contribution in [2.45, 2.75) is 45.9 Å². The summed E-state index contributed by atoms with van der Waals surface area (Å²) in [4.78, 5) is 8.88. The summed E-state index contributed by atoms with van der Waals surface area (Å²) in [5.74, 6) is 1.66. The first-order valence-electron chi connectivity index (χ1n) is 9.39. The molecule has 8 heteroatoms. The highest BCUT2D eigenvalue weighted by molar-refractivity contribution is 14.0. The second-order valence-corrected chi connectivity index (χ2v) is 7.52. The van der Waals surface area contributed by atoms with Gasteiger partial charge >= 0.3 is 0 Å². The standard InChI is InChI=1S/C20H28N4O2S.HI/c1-4-19-24-16(13-27-19)11-23-20(21-3)22-10-15-6-5-14(2)9-18(15)26-17-7-8-25-12-17;/h5-6,9,13,17H,4,7-8,10-12H2,1-3H3,(H2,21,22,23);1H. The maximum absolute atomic E-state index is 6.16. The van der Waals surface area contributed by atoms with Gasteiger partial charge in [-0.1, -0.05) is 19.1 Å². The molecular weight excluding hydrogens is 487 g/mol. The first-order valence-corrected chi connectivity index (χ1v) is 10.3. The van der Waals surface area contributed by atoms with Crippen LogP contribution in [0.1, 0.15) is 35.2 Å². The van der Waals surface area contributed by atoms with Crippen molar-refractivity contribution >= 4 is 41.3 Å². The van der Waals surface area contributed by atoms with E-state index in [9.17, 15) is 0 Å². The lowest BCUT2D eigenvalue weighted by Gasteiger charge is -2.18. The molecule has 0 saturated carbocycles. The lowest BCUT2D eigenvalue weighted by atomic mass is 10.1. The van der Waals surface area contributed by atoms with E-state index in [-0.39, 0.29) is 30.1 Å². The van der Waals surface area contributed by atoms with Crippen LogP contribution in [0.4, 0.5) is 0 Å². The highest BCUT2D eigenvalue weighted by atomic mass is 127. The number of ether oxygens (including phenoxy) is 2. The van der Waals surface area contributed by atoms with Crippen molar-refractivity contribution < 1.29 is 9.47 Å². The molecular formula is C20H29IN4O2S. The van der Waals surface area contributed by atoms with Crippen LogP contribution in [0.3, 0.4) is 0 Å². The largest absolute Gasteiger partial charge is 0.488 e. The minimum Gasteiger partial charge on any atom is -0.488 e. The van der Waals surface area contributed by atoms with Crippen LogP contribution in [0.2, 0.25) is 0 Å². The fourth-order valence-corrected chi connectivity index (χ4v) is 3.61. The summed E-state index contributed by atoms with van der Waals surface area (Å²) in [6.07, 6.45) is 2.05. The van der Waals surface area contributed by atoms with E-state index in [0.29, 0.717) is 19.7 Å². The maximum Gasteiger partial charge on any atom is 0.191 e. The number of aryl methyl sites for hydroxylation is 2. The monoisotopic (exact) mass is 516 g/mol. The number of nitrogens with zero attached hydrogens (tertiary/aromatic N) is 2. The Morgan fingerprint density at radius 3 is 2.86 bits per heavy atom. The minimum absolute atomic E-state index is 0. The predicted octanol–water partition coefficient (Wildman–Crippen LogP) is 3.66. The van der Waals surface area contributed by atoms with E-state index < -0.39 is 0 Å². The molecule has 1 aliphatic rings. The van der Waals surface area contributed by atoms with Crippen molar-refractivity contribution in [3.63, 3.8) is 0 Å². The van der Waals surface area contributed by atoms with Gasteiger partial charge in [0.25, 0.3) is 0 Å². The summed E-state index contributed by atoms with van der Waals surface area (Å²) in [6, 6.07) is 6.30. The van der Waals surface area contributed by atoms with E-state index in [1.807, 2.05) is 0 Å². The number of guanidine groups is 1. The molecule has 1 aromatic carbocycles. The Morgan fingerprint density at radius 1 is 1.36 bits per heavy atom. The average Bonchev–Trinajstić information content (AvgIpc) is 3.35.